The monoisotopic (exact) mass is 359 g/mol. The SMILES string of the molecule is CCCCCN=C1CC(C)(C)CC2=C1Sc1ncnc(N(C)C)c1N2. The van der Waals surface area contributed by atoms with E-state index in [1.165, 1.54) is 35.6 Å². The van der Waals surface area contributed by atoms with Crippen LogP contribution in [0.1, 0.15) is 52.9 Å². The van der Waals surface area contributed by atoms with Crippen molar-refractivity contribution >= 4 is 29.0 Å². The van der Waals surface area contributed by atoms with E-state index in [1.807, 2.05) is 19.0 Å². The van der Waals surface area contributed by atoms with Crippen molar-refractivity contribution in [3.63, 3.8) is 0 Å². The molecule has 0 saturated heterocycles. The van der Waals surface area contributed by atoms with Crippen molar-refractivity contribution in [3.05, 3.63) is 16.9 Å². The summed E-state index contributed by atoms with van der Waals surface area (Å²) < 4.78 is 0. The number of unbranched alkanes of at least 4 members (excludes halogenated alkanes) is 2. The molecule has 0 unspecified atom stereocenters. The van der Waals surface area contributed by atoms with Crippen LogP contribution in [0.5, 0.6) is 0 Å². The Balaban J connectivity index is 1.93. The summed E-state index contributed by atoms with van der Waals surface area (Å²) in [5.74, 6) is 0.939. The first-order chi connectivity index (χ1) is 11.9. The smallest absolute Gasteiger partial charge is 0.156 e. The summed E-state index contributed by atoms with van der Waals surface area (Å²) in [6, 6.07) is 0. The minimum absolute atomic E-state index is 0.224. The normalized spacial score (nSPS) is 20.1. The van der Waals surface area contributed by atoms with Crippen LogP contribution in [0.15, 0.2) is 26.9 Å². The number of allylic oxidation sites excluding steroid dienone is 2. The average molecular weight is 360 g/mol. The van der Waals surface area contributed by atoms with Gasteiger partial charge in [0, 0.05) is 26.3 Å². The molecule has 5 nitrogen and oxygen atoms in total. The van der Waals surface area contributed by atoms with Gasteiger partial charge in [-0.2, -0.15) is 0 Å². The van der Waals surface area contributed by atoms with Crippen molar-refractivity contribution in [1.82, 2.24) is 9.97 Å². The van der Waals surface area contributed by atoms with Crippen LogP contribution in [0.3, 0.4) is 0 Å². The first-order valence-electron chi connectivity index (χ1n) is 9.15. The van der Waals surface area contributed by atoms with Crippen LogP contribution in [0.4, 0.5) is 11.5 Å². The first kappa shape index (κ1) is 18.2. The predicted molar refractivity (Wildman–Crippen MR) is 108 cm³/mol. The molecule has 0 aromatic carbocycles. The molecule has 0 saturated carbocycles. The largest absolute Gasteiger partial charge is 0.361 e. The number of fused-ring (bicyclic) bond motifs is 1. The Hall–Kier alpha value is -1.56. The Bertz CT molecular complexity index is 706. The lowest BCUT2D eigenvalue weighted by Gasteiger charge is -2.37. The maximum atomic E-state index is 4.98. The Morgan fingerprint density at radius 3 is 2.76 bits per heavy atom. The Morgan fingerprint density at radius 1 is 1.24 bits per heavy atom. The molecule has 0 bridgehead atoms. The van der Waals surface area contributed by atoms with E-state index in [0.29, 0.717) is 0 Å². The molecule has 1 aliphatic carbocycles. The summed E-state index contributed by atoms with van der Waals surface area (Å²) in [4.78, 5) is 17.2. The van der Waals surface area contributed by atoms with Gasteiger partial charge in [0.25, 0.3) is 0 Å². The molecule has 1 aromatic heterocycles. The van der Waals surface area contributed by atoms with Crippen LogP contribution in [0.2, 0.25) is 0 Å². The van der Waals surface area contributed by atoms with Gasteiger partial charge in [-0.1, -0.05) is 45.4 Å². The van der Waals surface area contributed by atoms with Crippen LogP contribution in [0.25, 0.3) is 0 Å². The van der Waals surface area contributed by atoms with E-state index in [1.54, 1.807) is 18.1 Å². The lowest BCUT2D eigenvalue weighted by atomic mass is 9.78. The van der Waals surface area contributed by atoms with Crippen molar-refractivity contribution < 1.29 is 0 Å². The fourth-order valence-corrected chi connectivity index (χ4v) is 4.43. The standard InChI is InChI=1S/C19H29N5S/c1-6-7-8-9-20-13-10-19(2,3)11-14-16(13)25-18-15(23-14)17(24(4)5)21-12-22-18/h12,23H,6-11H2,1-5H3. The van der Waals surface area contributed by atoms with E-state index < -0.39 is 0 Å². The number of nitrogens with one attached hydrogen (secondary N) is 1. The van der Waals surface area contributed by atoms with Gasteiger partial charge >= 0.3 is 0 Å². The van der Waals surface area contributed by atoms with Gasteiger partial charge < -0.3 is 10.2 Å². The lowest BCUT2D eigenvalue weighted by Crippen LogP contribution is -2.30. The quantitative estimate of drug-likeness (QED) is 0.609. The van der Waals surface area contributed by atoms with E-state index in [0.717, 1.165) is 35.9 Å². The second-order valence-electron chi connectivity index (χ2n) is 7.86. The third-order valence-corrected chi connectivity index (χ3v) is 5.78. The zero-order valence-electron chi connectivity index (χ0n) is 16.0. The summed E-state index contributed by atoms with van der Waals surface area (Å²) >= 11 is 1.75. The van der Waals surface area contributed by atoms with Gasteiger partial charge in [-0.25, -0.2) is 9.97 Å². The molecule has 6 heteroatoms. The summed E-state index contributed by atoms with van der Waals surface area (Å²) in [5.41, 5.74) is 3.78. The van der Waals surface area contributed by atoms with Gasteiger partial charge in [0.1, 0.15) is 17.0 Å². The second kappa shape index (κ2) is 7.36. The third-order valence-electron chi connectivity index (χ3n) is 4.59. The summed E-state index contributed by atoms with van der Waals surface area (Å²) in [6.07, 6.45) is 7.37. The fraction of sp³-hybridized carbons (Fsp3) is 0.632. The van der Waals surface area contributed by atoms with Crippen molar-refractivity contribution in [2.24, 2.45) is 10.4 Å². The number of aromatic nitrogens is 2. The molecular formula is C19H29N5S. The highest BCUT2D eigenvalue weighted by molar-refractivity contribution is 8.04. The molecule has 1 aromatic rings. The molecule has 0 amide bonds. The van der Waals surface area contributed by atoms with E-state index in [2.05, 4.69) is 36.1 Å². The van der Waals surface area contributed by atoms with Crippen molar-refractivity contribution in [2.45, 2.75) is 57.9 Å². The molecule has 2 aliphatic rings. The van der Waals surface area contributed by atoms with Gasteiger partial charge in [0.15, 0.2) is 5.82 Å². The lowest BCUT2D eigenvalue weighted by molar-refractivity contribution is 0.373. The average Bonchev–Trinajstić information content (AvgIpc) is 2.55. The van der Waals surface area contributed by atoms with E-state index in [9.17, 15) is 0 Å². The number of thioether (sulfide) groups is 1. The molecule has 1 aliphatic heterocycles. The molecule has 0 spiro atoms. The van der Waals surface area contributed by atoms with Crippen molar-refractivity contribution in [1.29, 1.82) is 0 Å². The number of anilines is 2. The summed E-state index contributed by atoms with van der Waals surface area (Å²) in [7, 11) is 4.04. The fourth-order valence-electron chi connectivity index (χ4n) is 3.39. The highest BCUT2D eigenvalue weighted by atomic mass is 32.2. The zero-order chi connectivity index (χ0) is 18.0. The maximum absolute atomic E-state index is 4.98. The van der Waals surface area contributed by atoms with Crippen LogP contribution in [-0.4, -0.2) is 36.3 Å². The first-order valence-corrected chi connectivity index (χ1v) is 9.97. The Morgan fingerprint density at radius 2 is 2.04 bits per heavy atom. The molecule has 0 radical (unpaired) electrons. The van der Waals surface area contributed by atoms with Crippen LogP contribution in [0, 0.1) is 5.41 Å². The number of nitrogens with zero attached hydrogens (tertiary/aromatic N) is 4. The molecule has 25 heavy (non-hydrogen) atoms. The molecule has 2 heterocycles. The topological polar surface area (TPSA) is 53.4 Å². The molecule has 136 valence electrons. The highest BCUT2D eigenvalue weighted by Gasteiger charge is 2.36. The van der Waals surface area contributed by atoms with E-state index >= 15 is 0 Å². The highest BCUT2D eigenvalue weighted by Crippen LogP contribution is 2.49. The number of hydrogen-bond acceptors (Lipinski definition) is 6. The van der Waals surface area contributed by atoms with Gasteiger partial charge in [-0.3, -0.25) is 4.99 Å². The molecule has 3 rings (SSSR count). The van der Waals surface area contributed by atoms with Crippen LogP contribution >= 0.6 is 11.8 Å². The molecular weight excluding hydrogens is 330 g/mol. The van der Waals surface area contributed by atoms with Crippen molar-refractivity contribution in [2.75, 3.05) is 30.9 Å². The Labute approximate surface area is 155 Å². The number of aliphatic imine (C=N–C) groups is 1. The van der Waals surface area contributed by atoms with Crippen molar-refractivity contribution in [3.8, 4) is 0 Å². The van der Waals surface area contributed by atoms with E-state index in [-0.39, 0.29) is 5.41 Å². The van der Waals surface area contributed by atoms with Gasteiger partial charge in [-0.15, -0.1) is 0 Å². The van der Waals surface area contributed by atoms with E-state index in [4.69, 9.17) is 4.99 Å². The van der Waals surface area contributed by atoms with Gasteiger partial charge in [0.05, 0.1) is 10.6 Å². The van der Waals surface area contributed by atoms with Crippen LogP contribution in [-0.2, 0) is 0 Å². The zero-order valence-corrected chi connectivity index (χ0v) is 16.8. The minimum Gasteiger partial charge on any atom is -0.361 e. The van der Waals surface area contributed by atoms with Gasteiger partial charge in [-0.05, 0) is 24.7 Å². The second-order valence-corrected chi connectivity index (χ2v) is 8.86. The predicted octanol–water partition coefficient (Wildman–Crippen LogP) is 4.72. The summed E-state index contributed by atoms with van der Waals surface area (Å²) in [6.45, 7) is 7.82. The van der Waals surface area contributed by atoms with Crippen LogP contribution < -0.4 is 10.2 Å². The van der Waals surface area contributed by atoms with Gasteiger partial charge in [0.2, 0.25) is 0 Å². The number of hydrogen-bond donors (Lipinski definition) is 1. The number of rotatable bonds is 5. The Kier molecular flexibility index (Phi) is 5.37. The maximum Gasteiger partial charge on any atom is 0.156 e. The third kappa shape index (κ3) is 4.00. The molecule has 1 N–H and O–H groups in total. The molecule has 0 fully saturated rings. The summed E-state index contributed by atoms with van der Waals surface area (Å²) in [5, 5.41) is 4.65. The molecule has 0 atom stereocenters. The minimum atomic E-state index is 0.224.